The Hall–Kier alpha value is -2.73. The van der Waals surface area contributed by atoms with Crippen LogP contribution in [0, 0.1) is 20.8 Å². The lowest BCUT2D eigenvalue weighted by atomic mass is 10.1. The van der Waals surface area contributed by atoms with E-state index in [9.17, 15) is 4.79 Å². The standard InChI is InChI=1S/C24H27N3O2S/c1-17-8-4-6-10-22(17)26-12-14-27(15-13-26)24(28)20-9-5-7-11-23(20)30-16-21-18(2)25-29-19(21)3/h4-11H,12-16H2,1-3H3. The molecule has 3 aromatic rings. The van der Waals surface area contributed by atoms with Gasteiger partial charge in [-0.25, -0.2) is 0 Å². The van der Waals surface area contributed by atoms with Crippen molar-refractivity contribution in [2.24, 2.45) is 0 Å². The predicted molar refractivity (Wildman–Crippen MR) is 121 cm³/mol. The van der Waals surface area contributed by atoms with Crippen LogP contribution in [0.25, 0.3) is 0 Å². The Morgan fingerprint density at radius 1 is 1.00 bits per heavy atom. The average molecular weight is 422 g/mol. The molecular weight excluding hydrogens is 394 g/mol. The summed E-state index contributed by atoms with van der Waals surface area (Å²) < 4.78 is 5.27. The molecule has 6 heteroatoms. The van der Waals surface area contributed by atoms with Crippen molar-refractivity contribution >= 4 is 23.4 Å². The number of para-hydroxylation sites is 1. The molecule has 30 heavy (non-hydrogen) atoms. The van der Waals surface area contributed by atoms with Gasteiger partial charge in [-0.1, -0.05) is 35.5 Å². The summed E-state index contributed by atoms with van der Waals surface area (Å²) in [6, 6.07) is 16.3. The van der Waals surface area contributed by atoms with E-state index in [1.54, 1.807) is 11.8 Å². The highest BCUT2D eigenvalue weighted by Gasteiger charge is 2.24. The van der Waals surface area contributed by atoms with Gasteiger partial charge < -0.3 is 14.3 Å². The number of benzene rings is 2. The summed E-state index contributed by atoms with van der Waals surface area (Å²) in [5, 5.41) is 4.03. The fourth-order valence-corrected chi connectivity index (χ4v) is 5.06. The largest absolute Gasteiger partial charge is 0.368 e. The molecule has 0 unspecified atom stereocenters. The molecule has 5 nitrogen and oxygen atoms in total. The Morgan fingerprint density at radius 2 is 1.70 bits per heavy atom. The fourth-order valence-electron chi connectivity index (χ4n) is 3.87. The molecule has 1 fully saturated rings. The van der Waals surface area contributed by atoms with Crippen molar-refractivity contribution < 1.29 is 9.32 Å². The first-order valence-electron chi connectivity index (χ1n) is 10.3. The van der Waals surface area contributed by atoms with Crippen LogP contribution in [0.2, 0.25) is 0 Å². The number of hydrogen-bond donors (Lipinski definition) is 0. The van der Waals surface area contributed by atoms with Crippen molar-refractivity contribution in [2.75, 3.05) is 31.1 Å². The lowest BCUT2D eigenvalue weighted by Gasteiger charge is -2.37. The maximum atomic E-state index is 13.3. The average Bonchev–Trinajstić information content (AvgIpc) is 3.10. The summed E-state index contributed by atoms with van der Waals surface area (Å²) >= 11 is 1.67. The molecule has 0 atom stereocenters. The molecule has 0 saturated carbocycles. The second kappa shape index (κ2) is 8.96. The molecule has 2 heterocycles. The minimum absolute atomic E-state index is 0.112. The van der Waals surface area contributed by atoms with Crippen LogP contribution in [0.15, 0.2) is 57.9 Å². The predicted octanol–water partition coefficient (Wildman–Crippen LogP) is 4.85. The Balaban J connectivity index is 1.44. The molecule has 0 bridgehead atoms. The normalized spacial score (nSPS) is 14.2. The lowest BCUT2D eigenvalue weighted by Crippen LogP contribution is -2.49. The third kappa shape index (κ3) is 4.24. The van der Waals surface area contributed by atoms with E-state index in [1.165, 1.54) is 11.3 Å². The van der Waals surface area contributed by atoms with E-state index in [2.05, 4.69) is 41.2 Å². The first kappa shape index (κ1) is 20.5. The third-order valence-electron chi connectivity index (χ3n) is 5.69. The second-order valence-electron chi connectivity index (χ2n) is 7.65. The number of hydrogen-bond acceptors (Lipinski definition) is 5. The number of thioether (sulfide) groups is 1. The van der Waals surface area contributed by atoms with Gasteiger partial charge in [0.25, 0.3) is 5.91 Å². The van der Waals surface area contributed by atoms with Crippen molar-refractivity contribution in [1.82, 2.24) is 10.1 Å². The van der Waals surface area contributed by atoms with Crippen molar-refractivity contribution in [2.45, 2.75) is 31.4 Å². The lowest BCUT2D eigenvalue weighted by molar-refractivity contribution is 0.0743. The first-order chi connectivity index (χ1) is 14.5. The van der Waals surface area contributed by atoms with Crippen LogP contribution in [0.4, 0.5) is 5.69 Å². The summed E-state index contributed by atoms with van der Waals surface area (Å²) in [7, 11) is 0. The highest BCUT2D eigenvalue weighted by Crippen LogP contribution is 2.30. The number of aryl methyl sites for hydroxylation is 3. The highest BCUT2D eigenvalue weighted by molar-refractivity contribution is 7.98. The van der Waals surface area contributed by atoms with E-state index in [-0.39, 0.29) is 5.91 Å². The highest BCUT2D eigenvalue weighted by atomic mass is 32.2. The molecule has 1 aliphatic heterocycles. The van der Waals surface area contributed by atoms with Gasteiger partial charge in [0.05, 0.1) is 11.3 Å². The zero-order chi connectivity index (χ0) is 21.1. The molecule has 1 aliphatic rings. The van der Waals surface area contributed by atoms with Crippen LogP contribution >= 0.6 is 11.8 Å². The zero-order valence-electron chi connectivity index (χ0n) is 17.7. The molecule has 0 spiro atoms. The van der Waals surface area contributed by atoms with Crippen LogP contribution in [0.5, 0.6) is 0 Å². The summed E-state index contributed by atoms with van der Waals surface area (Å²) in [6.45, 7) is 9.19. The monoisotopic (exact) mass is 421 g/mol. The molecule has 0 aliphatic carbocycles. The van der Waals surface area contributed by atoms with E-state index in [1.807, 2.05) is 43.0 Å². The van der Waals surface area contributed by atoms with Crippen LogP contribution in [-0.4, -0.2) is 42.1 Å². The van der Waals surface area contributed by atoms with Gasteiger partial charge in [0.15, 0.2) is 0 Å². The molecule has 156 valence electrons. The SMILES string of the molecule is Cc1ccccc1N1CCN(C(=O)c2ccccc2SCc2c(C)noc2C)CC1. The molecule has 1 aromatic heterocycles. The van der Waals surface area contributed by atoms with Crippen LogP contribution in [-0.2, 0) is 5.75 Å². The number of piperazine rings is 1. The Morgan fingerprint density at radius 3 is 2.40 bits per heavy atom. The Labute approximate surface area is 182 Å². The van der Waals surface area contributed by atoms with Crippen LogP contribution in [0.1, 0.15) is 32.9 Å². The number of anilines is 1. The quantitative estimate of drug-likeness (QED) is 0.551. The van der Waals surface area contributed by atoms with Gasteiger partial charge >= 0.3 is 0 Å². The number of amides is 1. The maximum Gasteiger partial charge on any atom is 0.255 e. The van der Waals surface area contributed by atoms with E-state index >= 15 is 0 Å². The van der Waals surface area contributed by atoms with Crippen molar-refractivity contribution in [1.29, 1.82) is 0 Å². The number of carbonyl (C=O) groups excluding carboxylic acids is 1. The number of nitrogens with zero attached hydrogens (tertiary/aromatic N) is 3. The Bertz CT molecular complexity index is 1020. The van der Waals surface area contributed by atoms with E-state index in [4.69, 9.17) is 4.52 Å². The summed E-state index contributed by atoms with van der Waals surface area (Å²) in [4.78, 5) is 18.6. The van der Waals surface area contributed by atoms with Gasteiger partial charge in [-0.15, -0.1) is 11.8 Å². The zero-order valence-corrected chi connectivity index (χ0v) is 18.5. The van der Waals surface area contributed by atoms with Crippen molar-refractivity contribution in [3.05, 3.63) is 76.7 Å². The number of rotatable bonds is 5. The summed E-state index contributed by atoms with van der Waals surface area (Å²) in [5.41, 5.74) is 5.34. The molecular formula is C24H27N3O2S. The first-order valence-corrected chi connectivity index (χ1v) is 11.3. The molecule has 1 saturated heterocycles. The van der Waals surface area contributed by atoms with Crippen LogP contribution < -0.4 is 4.90 Å². The van der Waals surface area contributed by atoms with Crippen LogP contribution in [0.3, 0.4) is 0 Å². The minimum Gasteiger partial charge on any atom is -0.368 e. The van der Waals surface area contributed by atoms with Gasteiger partial charge in [0, 0.05) is 48.1 Å². The molecule has 0 N–H and O–H groups in total. The third-order valence-corrected chi connectivity index (χ3v) is 6.79. The molecule has 1 amide bonds. The van der Waals surface area contributed by atoms with E-state index in [0.717, 1.165) is 59.4 Å². The molecule has 0 radical (unpaired) electrons. The molecule has 2 aromatic carbocycles. The fraction of sp³-hybridized carbons (Fsp3) is 0.333. The number of aromatic nitrogens is 1. The molecule has 4 rings (SSSR count). The summed E-state index contributed by atoms with van der Waals surface area (Å²) in [5.74, 6) is 1.70. The Kier molecular flexibility index (Phi) is 6.13. The van der Waals surface area contributed by atoms with Gasteiger partial charge in [0.2, 0.25) is 0 Å². The topological polar surface area (TPSA) is 49.6 Å². The maximum absolute atomic E-state index is 13.3. The van der Waals surface area contributed by atoms with Crippen molar-refractivity contribution in [3.63, 3.8) is 0 Å². The van der Waals surface area contributed by atoms with Crippen molar-refractivity contribution in [3.8, 4) is 0 Å². The smallest absolute Gasteiger partial charge is 0.255 e. The van der Waals surface area contributed by atoms with Gasteiger partial charge in [-0.05, 0) is 44.5 Å². The van der Waals surface area contributed by atoms with Gasteiger partial charge in [-0.3, -0.25) is 4.79 Å². The van der Waals surface area contributed by atoms with Gasteiger partial charge in [-0.2, -0.15) is 0 Å². The minimum atomic E-state index is 0.112. The second-order valence-corrected chi connectivity index (χ2v) is 8.67. The van der Waals surface area contributed by atoms with E-state index in [0.29, 0.717) is 0 Å². The van der Waals surface area contributed by atoms with Gasteiger partial charge in [0.1, 0.15) is 5.76 Å². The summed E-state index contributed by atoms with van der Waals surface area (Å²) in [6.07, 6.45) is 0. The van der Waals surface area contributed by atoms with E-state index < -0.39 is 0 Å². The number of carbonyl (C=O) groups is 1.